The second kappa shape index (κ2) is 4.27. The molecule has 5 nitrogen and oxygen atoms in total. The van der Waals surface area contributed by atoms with Crippen LogP contribution in [0, 0.1) is 0 Å². The Labute approximate surface area is 117 Å². The Kier molecular flexibility index (Phi) is 2.73. The molecule has 92 valence electrons. The number of imide groups is 1. The fourth-order valence-electron chi connectivity index (χ4n) is 2.16. The minimum absolute atomic E-state index is 0.189. The van der Waals surface area contributed by atoms with Crippen LogP contribution in [0.3, 0.4) is 0 Å². The first-order chi connectivity index (χ1) is 8.66. The van der Waals surface area contributed by atoms with Gasteiger partial charge in [0.1, 0.15) is 6.04 Å². The van der Waals surface area contributed by atoms with Crippen molar-refractivity contribution in [2.75, 3.05) is 0 Å². The quantitative estimate of drug-likeness (QED) is 0.492. The topological polar surface area (TPSA) is 65.2 Å². The van der Waals surface area contributed by atoms with E-state index < -0.39 is 6.04 Å². The molecule has 6 heteroatoms. The number of amides is 3. The highest BCUT2D eigenvalue weighted by molar-refractivity contribution is 14.1. The third kappa shape index (κ3) is 1.76. The molecular weight excluding hydrogens is 345 g/mol. The molecule has 1 fully saturated rings. The van der Waals surface area contributed by atoms with E-state index in [1.54, 1.807) is 22.9 Å². The molecule has 1 unspecified atom stereocenters. The van der Waals surface area contributed by atoms with Crippen LogP contribution in [-0.4, -0.2) is 26.1 Å². The molecule has 1 saturated heterocycles. The van der Waals surface area contributed by atoms with Crippen molar-refractivity contribution in [2.45, 2.75) is 12.5 Å². The number of nitrogens with one attached hydrogen (secondary N) is 2. The average molecular weight is 355 g/mol. The van der Waals surface area contributed by atoms with Crippen LogP contribution in [0.5, 0.6) is 0 Å². The van der Waals surface area contributed by atoms with E-state index in [0.717, 1.165) is 19.6 Å². The van der Waals surface area contributed by atoms with Crippen LogP contribution in [0.2, 0.25) is 0 Å². The number of benzene rings is 1. The van der Waals surface area contributed by atoms with Crippen molar-refractivity contribution in [3.8, 4) is 0 Å². The molecular formula is C12H10IN3O2. The Morgan fingerprint density at radius 3 is 2.78 bits per heavy atom. The normalized spacial score (nSPS) is 19.6. The first kappa shape index (κ1) is 11.5. The minimum atomic E-state index is -0.464. The molecule has 2 heterocycles. The van der Waals surface area contributed by atoms with Gasteiger partial charge in [0.2, 0.25) is 0 Å². The highest BCUT2D eigenvalue weighted by atomic mass is 127. The van der Waals surface area contributed by atoms with Gasteiger partial charge in [0.15, 0.2) is 0 Å². The van der Waals surface area contributed by atoms with Crippen molar-refractivity contribution >= 4 is 45.7 Å². The van der Waals surface area contributed by atoms with E-state index in [9.17, 15) is 9.59 Å². The van der Waals surface area contributed by atoms with Gasteiger partial charge in [0.05, 0.1) is 22.9 Å². The van der Waals surface area contributed by atoms with Crippen molar-refractivity contribution in [2.24, 2.45) is 0 Å². The SMILES string of the molecule is O=C1NC(Cc2c[nH]c3ccccc23)C(=O)N1I. The zero-order chi connectivity index (χ0) is 12.7. The van der Waals surface area contributed by atoms with E-state index >= 15 is 0 Å². The summed E-state index contributed by atoms with van der Waals surface area (Å²) in [6.07, 6.45) is 2.40. The number of carbonyl (C=O) groups excluding carboxylic acids is 2. The van der Waals surface area contributed by atoms with Gasteiger partial charge >= 0.3 is 6.03 Å². The van der Waals surface area contributed by atoms with Crippen molar-refractivity contribution in [1.29, 1.82) is 0 Å². The highest BCUT2D eigenvalue weighted by Gasteiger charge is 2.36. The maximum atomic E-state index is 11.8. The molecule has 3 amide bonds. The number of hydrogen-bond acceptors (Lipinski definition) is 2. The molecule has 18 heavy (non-hydrogen) atoms. The molecule has 3 rings (SSSR count). The molecule has 1 aromatic carbocycles. The summed E-state index contributed by atoms with van der Waals surface area (Å²) >= 11 is 1.72. The second-order valence-electron chi connectivity index (χ2n) is 4.18. The lowest BCUT2D eigenvalue weighted by atomic mass is 10.1. The lowest BCUT2D eigenvalue weighted by Gasteiger charge is -2.06. The van der Waals surface area contributed by atoms with Crippen molar-refractivity contribution in [1.82, 2.24) is 13.4 Å². The Hall–Kier alpha value is -1.57. The molecule has 0 spiro atoms. The lowest BCUT2D eigenvalue weighted by molar-refractivity contribution is -0.123. The summed E-state index contributed by atoms with van der Waals surface area (Å²) in [4.78, 5) is 26.3. The van der Waals surface area contributed by atoms with Crippen LogP contribution in [-0.2, 0) is 11.2 Å². The number of fused-ring (bicyclic) bond motifs is 1. The van der Waals surface area contributed by atoms with Gasteiger partial charge in [-0.05, 0) is 11.6 Å². The highest BCUT2D eigenvalue weighted by Crippen LogP contribution is 2.21. The number of hydrogen-bond donors (Lipinski definition) is 2. The molecule has 0 bridgehead atoms. The van der Waals surface area contributed by atoms with E-state index in [0.29, 0.717) is 6.42 Å². The van der Waals surface area contributed by atoms with Crippen LogP contribution in [0.1, 0.15) is 5.56 Å². The first-order valence-corrected chi connectivity index (χ1v) is 6.48. The summed E-state index contributed by atoms with van der Waals surface area (Å²) in [5.41, 5.74) is 2.08. The third-order valence-electron chi connectivity index (χ3n) is 3.07. The van der Waals surface area contributed by atoms with Crippen LogP contribution in [0.15, 0.2) is 30.5 Å². The molecule has 1 atom stereocenters. The van der Waals surface area contributed by atoms with Crippen LogP contribution < -0.4 is 5.32 Å². The number of aromatic nitrogens is 1. The van der Waals surface area contributed by atoms with E-state index in [1.165, 1.54) is 0 Å². The van der Waals surface area contributed by atoms with Crippen LogP contribution in [0.4, 0.5) is 4.79 Å². The third-order valence-corrected chi connectivity index (χ3v) is 3.98. The summed E-state index contributed by atoms with van der Waals surface area (Å²) < 4.78 is 1.09. The summed E-state index contributed by atoms with van der Waals surface area (Å²) in [6, 6.07) is 7.10. The maximum absolute atomic E-state index is 11.8. The molecule has 1 aliphatic rings. The fraction of sp³-hybridized carbons (Fsp3) is 0.167. The van der Waals surface area contributed by atoms with Gasteiger partial charge in [-0.2, -0.15) is 0 Å². The number of H-pyrrole nitrogens is 1. The standard InChI is InChI=1S/C12H10IN3O2/c13-16-11(17)10(15-12(16)18)5-7-6-14-9-4-2-1-3-8(7)9/h1-4,6,10,14H,5H2,(H,15,18). The van der Waals surface area contributed by atoms with Gasteiger partial charge in [-0.3, -0.25) is 4.79 Å². The number of urea groups is 1. The Morgan fingerprint density at radius 2 is 2.06 bits per heavy atom. The number of rotatable bonds is 2. The molecule has 2 N–H and O–H groups in total. The number of halogens is 1. The van der Waals surface area contributed by atoms with E-state index in [2.05, 4.69) is 10.3 Å². The average Bonchev–Trinajstić information content (AvgIpc) is 2.89. The monoisotopic (exact) mass is 355 g/mol. The summed E-state index contributed by atoms with van der Waals surface area (Å²) in [7, 11) is 0. The fourth-order valence-corrected chi connectivity index (χ4v) is 2.64. The van der Waals surface area contributed by atoms with Crippen molar-refractivity contribution in [3.05, 3.63) is 36.0 Å². The summed E-state index contributed by atoms with van der Waals surface area (Å²) in [5.74, 6) is -0.189. The number of aromatic amines is 1. The smallest absolute Gasteiger partial charge is 0.333 e. The van der Waals surface area contributed by atoms with Gasteiger partial charge < -0.3 is 10.3 Å². The predicted octanol–water partition coefficient (Wildman–Crippen LogP) is 1.98. The Bertz CT molecular complexity index is 637. The summed E-state index contributed by atoms with van der Waals surface area (Å²) in [6.45, 7) is 0. The van der Waals surface area contributed by atoms with Gasteiger partial charge in [0.25, 0.3) is 5.91 Å². The Morgan fingerprint density at radius 1 is 1.28 bits per heavy atom. The Balaban J connectivity index is 1.89. The minimum Gasteiger partial charge on any atom is -0.361 e. The molecule has 0 aliphatic carbocycles. The van der Waals surface area contributed by atoms with Gasteiger partial charge in [0, 0.05) is 23.5 Å². The number of para-hydroxylation sites is 1. The lowest BCUT2D eigenvalue weighted by Crippen LogP contribution is -2.30. The zero-order valence-corrected chi connectivity index (χ0v) is 11.5. The maximum Gasteiger partial charge on any atom is 0.333 e. The van der Waals surface area contributed by atoms with Gasteiger partial charge in [-0.1, -0.05) is 18.2 Å². The van der Waals surface area contributed by atoms with E-state index in [4.69, 9.17) is 0 Å². The van der Waals surface area contributed by atoms with E-state index in [-0.39, 0.29) is 11.9 Å². The van der Waals surface area contributed by atoms with Crippen LogP contribution >= 0.6 is 22.9 Å². The molecule has 2 aromatic rings. The number of nitrogens with zero attached hydrogens (tertiary/aromatic N) is 1. The second-order valence-corrected chi connectivity index (χ2v) is 5.15. The molecule has 1 aliphatic heterocycles. The van der Waals surface area contributed by atoms with Gasteiger partial charge in [-0.15, -0.1) is 0 Å². The van der Waals surface area contributed by atoms with Gasteiger partial charge in [-0.25, -0.2) is 7.91 Å². The summed E-state index contributed by atoms with van der Waals surface area (Å²) in [5, 5.41) is 3.76. The van der Waals surface area contributed by atoms with E-state index in [1.807, 2.05) is 30.5 Å². The zero-order valence-electron chi connectivity index (χ0n) is 9.31. The predicted molar refractivity (Wildman–Crippen MR) is 75.2 cm³/mol. The number of carbonyl (C=O) groups is 2. The van der Waals surface area contributed by atoms with Crippen molar-refractivity contribution in [3.63, 3.8) is 0 Å². The van der Waals surface area contributed by atoms with Crippen LogP contribution in [0.25, 0.3) is 10.9 Å². The molecule has 0 radical (unpaired) electrons. The first-order valence-electron chi connectivity index (χ1n) is 5.52. The molecule has 0 saturated carbocycles. The van der Waals surface area contributed by atoms with Crippen molar-refractivity contribution < 1.29 is 9.59 Å². The molecule has 1 aromatic heterocycles. The largest absolute Gasteiger partial charge is 0.361 e.